The van der Waals surface area contributed by atoms with Crippen molar-refractivity contribution in [3.63, 3.8) is 0 Å². The summed E-state index contributed by atoms with van der Waals surface area (Å²) >= 11 is 5.95. The number of halogens is 1. The van der Waals surface area contributed by atoms with Gasteiger partial charge in [-0.05, 0) is 42.3 Å². The van der Waals surface area contributed by atoms with Gasteiger partial charge in [-0.3, -0.25) is 4.79 Å². The van der Waals surface area contributed by atoms with E-state index in [1.807, 2.05) is 31.2 Å². The number of rotatable bonds is 5. The number of ether oxygens (including phenoxy) is 2. The monoisotopic (exact) mass is 371 g/mol. The molecule has 0 aliphatic carbocycles. The minimum atomic E-state index is -0.582. The van der Waals surface area contributed by atoms with Gasteiger partial charge < -0.3 is 14.8 Å². The normalized spacial score (nSPS) is 12.5. The molecule has 0 saturated carbocycles. The number of fused-ring (bicyclic) bond motifs is 1. The number of hydrogen-bond donors (Lipinski definition) is 1. The average Bonchev–Trinajstić information content (AvgIpc) is 2.64. The molecule has 0 spiro atoms. The van der Waals surface area contributed by atoms with Crippen molar-refractivity contribution in [2.24, 2.45) is 0 Å². The smallest absolute Gasteiger partial charge is 0.338 e. The Balaban J connectivity index is 1.52. The second kappa shape index (κ2) is 8.06. The van der Waals surface area contributed by atoms with Crippen LogP contribution in [0.2, 0.25) is 5.02 Å². The van der Waals surface area contributed by atoms with Gasteiger partial charge >= 0.3 is 5.97 Å². The summed E-state index contributed by atoms with van der Waals surface area (Å²) in [5.41, 5.74) is 3.15. The zero-order valence-electron chi connectivity index (χ0n) is 14.3. The zero-order chi connectivity index (χ0) is 18.5. The van der Waals surface area contributed by atoms with Crippen molar-refractivity contribution in [1.82, 2.24) is 5.32 Å². The minimum absolute atomic E-state index is 0.0955. The maximum atomic E-state index is 12.1. The molecule has 0 saturated heterocycles. The molecule has 1 heterocycles. The molecule has 0 atom stereocenters. The fraction of sp³-hybridized carbons (Fsp3) is 0.200. The number of carbonyl (C=O) groups is 2. The van der Waals surface area contributed by atoms with Gasteiger partial charge in [-0.2, -0.15) is 0 Å². The molecular formula is C20H18ClNO4. The third-order valence-electron chi connectivity index (χ3n) is 4.02. The number of nitrogens with one attached hydrogen (secondary N) is 1. The van der Waals surface area contributed by atoms with Gasteiger partial charge in [0.25, 0.3) is 5.91 Å². The SMILES string of the molecule is Cc1ccccc1CNC(=O)COC(=O)C1=Cc2cc(Cl)ccc2OC1. The third-order valence-corrected chi connectivity index (χ3v) is 4.25. The van der Waals surface area contributed by atoms with Gasteiger partial charge in [0.2, 0.25) is 0 Å². The number of benzene rings is 2. The van der Waals surface area contributed by atoms with Gasteiger partial charge in [0.15, 0.2) is 6.61 Å². The Hall–Kier alpha value is -2.79. The van der Waals surface area contributed by atoms with Crippen molar-refractivity contribution in [3.05, 3.63) is 69.8 Å². The van der Waals surface area contributed by atoms with Crippen LogP contribution >= 0.6 is 11.6 Å². The van der Waals surface area contributed by atoms with E-state index in [4.69, 9.17) is 21.1 Å². The summed E-state index contributed by atoms with van der Waals surface area (Å²) in [6.07, 6.45) is 1.66. The molecule has 134 valence electrons. The molecule has 3 rings (SSSR count). The Labute approximate surface area is 156 Å². The first-order valence-electron chi connectivity index (χ1n) is 8.14. The van der Waals surface area contributed by atoms with Crippen LogP contribution in [0.3, 0.4) is 0 Å². The molecule has 0 unspecified atom stereocenters. The van der Waals surface area contributed by atoms with E-state index in [1.54, 1.807) is 24.3 Å². The minimum Gasteiger partial charge on any atom is -0.488 e. The highest BCUT2D eigenvalue weighted by molar-refractivity contribution is 6.30. The molecule has 5 nitrogen and oxygen atoms in total. The number of aryl methyl sites for hydroxylation is 1. The largest absolute Gasteiger partial charge is 0.488 e. The summed E-state index contributed by atoms with van der Waals surface area (Å²) in [5.74, 6) is -0.286. The third kappa shape index (κ3) is 4.43. The summed E-state index contributed by atoms with van der Waals surface area (Å²) in [5, 5.41) is 3.29. The molecule has 1 aliphatic rings. The molecule has 1 N–H and O–H groups in total. The van der Waals surface area contributed by atoms with E-state index < -0.39 is 5.97 Å². The highest BCUT2D eigenvalue weighted by Gasteiger charge is 2.19. The molecule has 1 aliphatic heterocycles. The number of amides is 1. The first kappa shape index (κ1) is 18.0. The molecule has 0 aromatic heterocycles. The van der Waals surface area contributed by atoms with Crippen LogP contribution < -0.4 is 10.1 Å². The molecule has 2 aromatic carbocycles. The fourth-order valence-corrected chi connectivity index (χ4v) is 2.72. The molecule has 0 fully saturated rings. The van der Waals surface area contributed by atoms with Crippen LogP contribution in [0.25, 0.3) is 6.08 Å². The van der Waals surface area contributed by atoms with E-state index >= 15 is 0 Å². The second-order valence-electron chi connectivity index (χ2n) is 5.92. The lowest BCUT2D eigenvalue weighted by Gasteiger charge is -2.17. The van der Waals surface area contributed by atoms with Crippen LogP contribution in [0.4, 0.5) is 0 Å². The highest BCUT2D eigenvalue weighted by atomic mass is 35.5. The number of carbonyl (C=O) groups excluding carboxylic acids is 2. The maximum absolute atomic E-state index is 12.1. The number of esters is 1. The second-order valence-corrected chi connectivity index (χ2v) is 6.36. The van der Waals surface area contributed by atoms with Gasteiger partial charge in [-0.1, -0.05) is 35.9 Å². The fourth-order valence-electron chi connectivity index (χ4n) is 2.54. The average molecular weight is 372 g/mol. The predicted molar refractivity (Wildman–Crippen MR) is 98.9 cm³/mol. The quantitative estimate of drug-likeness (QED) is 0.819. The van der Waals surface area contributed by atoms with Crippen LogP contribution in [0.5, 0.6) is 5.75 Å². The van der Waals surface area contributed by atoms with E-state index in [-0.39, 0.29) is 19.1 Å². The molecule has 1 amide bonds. The van der Waals surface area contributed by atoms with E-state index in [1.165, 1.54) is 0 Å². The maximum Gasteiger partial charge on any atom is 0.338 e. The van der Waals surface area contributed by atoms with Crippen molar-refractivity contribution in [1.29, 1.82) is 0 Å². The van der Waals surface area contributed by atoms with Gasteiger partial charge in [-0.25, -0.2) is 4.79 Å². The van der Waals surface area contributed by atoms with Crippen molar-refractivity contribution < 1.29 is 19.1 Å². The van der Waals surface area contributed by atoms with E-state index in [9.17, 15) is 9.59 Å². The van der Waals surface area contributed by atoms with Crippen LogP contribution in [0.15, 0.2) is 48.0 Å². The van der Waals surface area contributed by atoms with Gasteiger partial charge in [0.05, 0.1) is 5.57 Å². The van der Waals surface area contributed by atoms with E-state index in [0.717, 1.165) is 11.1 Å². The van der Waals surface area contributed by atoms with Crippen molar-refractivity contribution in [2.45, 2.75) is 13.5 Å². The molecule has 6 heteroatoms. The Bertz CT molecular complexity index is 876. The number of hydrogen-bond acceptors (Lipinski definition) is 4. The highest BCUT2D eigenvalue weighted by Crippen LogP contribution is 2.29. The first-order chi connectivity index (χ1) is 12.5. The van der Waals surface area contributed by atoms with Crippen LogP contribution in [-0.2, 0) is 20.9 Å². The van der Waals surface area contributed by atoms with Gasteiger partial charge in [0, 0.05) is 17.1 Å². The van der Waals surface area contributed by atoms with E-state index in [2.05, 4.69) is 5.32 Å². The Morgan fingerprint density at radius 1 is 1.23 bits per heavy atom. The lowest BCUT2D eigenvalue weighted by atomic mass is 10.1. The summed E-state index contributed by atoms with van der Waals surface area (Å²) in [7, 11) is 0. The summed E-state index contributed by atoms with van der Waals surface area (Å²) in [6.45, 7) is 2.12. The van der Waals surface area contributed by atoms with Crippen LogP contribution in [-0.4, -0.2) is 25.1 Å². The Morgan fingerprint density at radius 3 is 2.85 bits per heavy atom. The molecule has 2 aromatic rings. The molecule has 0 radical (unpaired) electrons. The Kier molecular flexibility index (Phi) is 5.58. The predicted octanol–water partition coefficient (Wildman–Crippen LogP) is 3.28. The first-order valence-corrected chi connectivity index (χ1v) is 8.52. The van der Waals surface area contributed by atoms with Crippen molar-refractivity contribution in [2.75, 3.05) is 13.2 Å². The molecule has 0 bridgehead atoms. The van der Waals surface area contributed by atoms with Crippen molar-refractivity contribution in [3.8, 4) is 5.75 Å². The summed E-state index contributed by atoms with van der Waals surface area (Å²) in [4.78, 5) is 24.0. The topological polar surface area (TPSA) is 64.6 Å². The molecule has 26 heavy (non-hydrogen) atoms. The van der Waals surface area contributed by atoms with Crippen molar-refractivity contribution >= 4 is 29.6 Å². The zero-order valence-corrected chi connectivity index (χ0v) is 15.0. The van der Waals surface area contributed by atoms with Crippen LogP contribution in [0.1, 0.15) is 16.7 Å². The summed E-state index contributed by atoms with van der Waals surface area (Å²) < 4.78 is 10.6. The van der Waals surface area contributed by atoms with E-state index in [0.29, 0.717) is 28.5 Å². The lowest BCUT2D eigenvalue weighted by molar-refractivity contribution is -0.145. The van der Waals surface area contributed by atoms with Crippen LogP contribution in [0, 0.1) is 6.92 Å². The van der Waals surface area contributed by atoms with Gasteiger partial charge in [-0.15, -0.1) is 0 Å². The standard InChI is InChI=1S/C20H18ClNO4/c1-13-4-2-3-5-14(13)10-22-19(23)12-26-20(24)16-8-15-9-17(21)6-7-18(15)25-11-16/h2-9H,10-12H2,1H3,(H,22,23). The molecular weight excluding hydrogens is 354 g/mol. The lowest BCUT2D eigenvalue weighted by Crippen LogP contribution is -2.29. The Morgan fingerprint density at radius 2 is 2.04 bits per heavy atom. The van der Waals surface area contributed by atoms with Gasteiger partial charge in [0.1, 0.15) is 12.4 Å². The summed E-state index contributed by atoms with van der Waals surface area (Å²) in [6, 6.07) is 12.9.